The molecule has 1 fully saturated rings. The number of ether oxygens (including phenoxy) is 1. The molecule has 0 bridgehead atoms. The van der Waals surface area contributed by atoms with Crippen molar-refractivity contribution < 1.29 is 14.3 Å². The molecule has 0 N–H and O–H groups in total. The van der Waals surface area contributed by atoms with Crippen molar-refractivity contribution in [3.8, 4) is 0 Å². The number of aryl methyl sites for hydroxylation is 1. The molecule has 1 saturated heterocycles. The van der Waals surface area contributed by atoms with Gasteiger partial charge in [-0.05, 0) is 42.5 Å². The molecule has 134 valence electrons. The van der Waals surface area contributed by atoms with E-state index in [1.807, 2.05) is 42.6 Å². The molecule has 1 aromatic carbocycles. The largest absolute Gasteiger partial charge is 0.464 e. The molecular formula is C19H17NO3S3. The van der Waals surface area contributed by atoms with Gasteiger partial charge in [-0.2, -0.15) is 0 Å². The lowest BCUT2D eigenvalue weighted by Gasteiger charge is -2.25. The highest BCUT2D eigenvalue weighted by atomic mass is 32.2. The quantitative estimate of drug-likeness (QED) is 0.416. The van der Waals surface area contributed by atoms with E-state index in [1.165, 1.54) is 16.7 Å². The summed E-state index contributed by atoms with van der Waals surface area (Å²) >= 11 is 8.21. The number of nitrogens with zero attached hydrogens (tertiary/aromatic N) is 1. The smallest absolute Gasteiger partial charge is 0.333 e. The Bertz CT molecular complexity index is 873. The van der Waals surface area contributed by atoms with Crippen LogP contribution in [0.3, 0.4) is 0 Å². The number of rotatable bonds is 5. The van der Waals surface area contributed by atoms with E-state index < -0.39 is 12.0 Å². The average molecular weight is 404 g/mol. The van der Waals surface area contributed by atoms with Gasteiger partial charge in [0.15, 0.2) is 6.04 Å². The monoisotopic (exact) mass is 403 g/mol. The fraction of sp³-hybridized carbons (Fsp3) is 0.211. The molecule has 1 aliphatic rings. The van der Waals surface area contributed by atoms with Gasteiger partial charge >= 0.3 is 5.97 Å². The molecule has 7 heteroatoms. The van der Waals surface area contributed by atoms with E-state index in [0.717, 1.165) is 10.4 Å². The van der Waals surface area contributed by atoms with Crippen LogP contribution in [0.15, 0.2) is 46.7 Å². The summed E-state index contributed by atoms with van der Waals surface area (Å²) in [6, 6.07) is 10.2. The normalized spacial score (nSPS) is 17.0. The molecule has 1 unspecified atom stereocenters. The highest BCUT2D eigenvalue weighted by molar-refractivity contribution is 8.26. The van der Waals surface area contributed by atoms with Crippen molar-refractivity contribution in [2.45, 2.75) is 19.9 Å². The van der Waals surface area contributed by atoms with E-state index in [9.17, 15) is 9.59 Å². The molecule has 1 aliphatic heterocycles. The van der Waals surface area contributed by atoms with Crippen molar-refractivity contribution in [2.75, 3.05) is 6.61 Å². The summed E-state index contributed by atoms with van der Waals surface area (Å²) in [7, 11) is 0. The van der Waals surface area contributed by atoms with E-state index in [4.69, 9.17) is 17.0 Å². The Morgan fingerprint density at radius 1 is 1.31 bits per heavy atom. The summed E-state index contributed by atoms with van der Waals surface area (Å²) in [5.41, 5.74) is 1.78. The minimum atomic E-state index is -0.876. The van der Waals surface area contributed by atoms with Gasteiger partial charge in [0.1, 0.15) is 4.32 Å². The SMILES string of the molecule is CCOC(=O)C(c1ccccc1)N1C(=O)/C(=C\c2sccc2C)SC1=S. The van der Waals surface area contributed by atoms with Crippen molar-refractivity contribution in [2.24, 2.45) is 0 Å². The van der Waals surface area contributed by atoms with E-state index in [1.54, 1.807) is 30.4 Å². The number of hydrogen-bond acceptors (Lipinski definition) is 6. The molecular weight excluding hydrogens is 386 g/mol. The van der Waals surface area contributed by atoms with Gasteiger partial charge in [0.2, 0.25) is 0 Å². The Balaban J connectivity index is 1.98. The molecule has 2 aromatic rings. The number of carbonyl (C=O) groups excluding carboxylic acids is 2. The Morgan fingerprint density at radius 2 is 2.04 bits per heavy atom. The van der Waals surface area contributed by atoms with Gasteiger partial charge in [-0.3, -0.25) is 9.69 Å². The van der Waals surface area contributed by atoms with Crippen LogP contribution in [0.2, 0.25) is 0 Å². The highest BCUT2D eigenvalue weighted by Crippen LogP contribution is 2.39. The maximum absolute atomic E-state index is 13.0. The van der Waals surface area contributed by atoms with Gasteiger partial charge in [0, 0.05) is 4.88 Å². The molecule has 0 aliphatic carbocycles. The first kappa shape index (κ1) is 18.8. The third kappa shape index (κ3) is 3.75. The summed E-state index contributed by atoms with van der Waals surface area (Å²) in [6.07, 6.45) is 1.84. The lowest BCUT2D eigenvalue weighted by Crippen LogP contribution is -2.38. The van der Waals surface area contributed by atoms with E-state index in [2.05, 4.69) is 0 Å². The fourth-order valence-electron chi connectivity index (χ4n) is 2.60. The number of amides is 1. The maximum Gasteiger partial charge on any atom is 0.333 e. The lowest BCUT2D eigenvalue weighted by molar-refractivity contribution is -0.151. The van der Waals surface area contributed by atoms with Crippen LogP contribution >= 0.6 is 35.3 Å². The molecule has 0 spiro atoms. The second-order valence-corrected chi connectivity index (χ2v) is 8.21. The van der Waals surface area contributed by atoms with E-state index in [0.29, 0.717) is 14.8 Å². The number of benzene rings is 1. The van der Waals surface area contributed by atoms with Crippen LogP contribution in [0.4, 0.5) is 0 Å². The number of hydrogen-bond donors (Lipinski definition) is 0. The van der Waals surface area contributed by atoms with Crippen LogP contribution < -0.4 is 0 Å². The average Bonchev–Trinajstić information content (AvgIpc) is 3.15. The first-order valence-electron chi connectivity index (χ1n) is 8.05. The lowest BCUT2D eigenvalue weighted by atomic mass is 10.1. The van der Waals surface area contributed by atoms with Gasteiger partial charge in [-0.1, -0.05) is 54.3 Å². The number of carbonyl (C=O) groups is 2. The van der Waals surface area contributed by atoms with Crippen molar-refractivity contribution in [1.29, 1.82) is 0 Å². The molecule has 1 atom stereocenters. The molecule has 2 heterocycles. The highest BCUT2D eigenvalue weighted by Gasteiger charge is 2.42. The number of esters is 1. The number of thiocarbonyl (C=S) groups is 1. The van der Waals surface area contributed by atoms with Gasteiger partial charge in [-0.25, -0.2) is 4.79 Å². The number of thiophene rings is 1. The predicted molar refractivity (Wildman–Crippen MR) is 110 cm³/mol. The van der Waals surface area contributed by atoms with Crippen molar-refractivity contribution in [3.05, 3.63) is 62.7 Å². The first-order chi connectivity index (χ1) is 12.5. The van der Waals surface area contributed by atoms with Crippen LogP contribution in [0, 0.1) is 6.92 Å². The molecule has 3 rings (SSSR count). The Kier molecular flexibility index (Phi) is 5.90. The van der Waals surface area contributed by atoms with Crippen molar-refractivity contribution in [1.82, 2.24) is 4.90 Å². The van der Waals surface area contributed by atoms with Crippen LogP contribution in [0.25, 0.3) is 6.08 Å². The summed E-state index contributed by atoms with van der Waals surface area (Å²) < 4.78 is 5.57. The van der Waals surface area contributed by atoms with Gasteiger partial charge < -0.3 is 4.74 Å². The van der Waals surface area contributed by atoms with Crippen LogP contribution in [-0.2, 0) is 14.3 Å². The van der Waals surface area contributed by atoms with Crippen molar-refractivity contribution in [3.63, 3.8) is 0 Å². The van der Waals surface area contributed by atoms with E-state index in [-0.39, 0.29) is 12.5 Å². The topological polar surface area (TPSA) is 46.6 Å². The molecule has 26 heavy (non-hydrogen) atoms. The zero-order valence-electron chi connectivity index (χ0n) is 14.3. The Hall–Kier alpha value is -1.96. The van der Waals surface area contributed by atoms with Gasteiger partial charge in [-0.15, -0.1) is 11.3 Å². The summed E-state index contributed by atoms with van der Waals surface area (Å²) in [6.45, 7) is 3.97. The third-order valence-corrected chi connectivity index (χ3v) is 6.17. The van der Waals surface area contributed by atoms with Crippen LogP contribution in [0.1, 0.15) is 29.0 Å². The van der Waals surface area contributed by atoms with E-state index >= 15 is 0 Å². The minimum Gasteiger partial charge on any atom is -0.464 e. The van der Waals surface area contributed by atoms with Crippen molar-refractivity contribution >= 4 is 57.6 Å². The predicted octanol–water partition coefficient (Wildman–Crippen LogP) is 4.56. The van der Waals surface area contributed by atoms with Gasteiger partial charge in [0.05, 0.1) is 11.5 Å². The number of thioether (sulfide) groups is 1. The molecule has 1 aromatic heterocycles. The summed E-state index contributed by atoms with van der Waals surface area (Å²) in [5.74, 6) is -0.752. The van der Waals surface area contributed by atoms with Gasteiger partial charge in [0.25, 0.3) is 5.91 Å². The first-order valence-corrected chi connectivity index (χ1v) is 10.2. The molecule has 4 nitrogen and oxygen atoms in total. The zero-order chi connectivity index (χ0) is 18.7. The second kappa shape index (κ2) is 8.16. The van der Waals surface area contributed by atoms with Crippen LogP contribution in [-0.4, -0.2) is 27.7 Å². The summed E-state index contributed by atoms with van der Waals surface area (Å²) in [4.78, 5) is 28.5. The minimum absolute atomic E-state index is 0.237. The molecule has 1 amide bonds. The Labute approximate surface area is 165 Å². The molecule has 0 radical (unpaired) electrons. The zero-order valence-corrected chi connectivity index (χ0v) is 16.7. The standard InChI is InChI=1S/C19H17NO3S3/c1-3-23-18(22)16(13-7-5-4-6-8-13)20-17(21)15(26-19(20)24)11-14-12(2)9-10-25-14/h4-11,16H,3H2,1-2H3/b15-11+. The second-order valence-electron chi connectivity index (χ2n) is 5.58. The van der Waals surface area contributed by atoms with Crippen LogP contribution in [0.5, 0.6) is 0 Å². The molecule has 0 saturated carbocycles. The Morgan fingerprint density at radius 3 is 2.65 bits per heavy atom. The summed E-state index contributed by atoms with van der Waals surface area (Å²) in [5, 5.41) is 1.98. The third-order valence-electron chi connectivity index (χ3n) is 3.87. The fourth-order valence-corrected chi connectivity index (χ4v) is 4.83. The maximum atomic E-state index is 13.0.